The highest BCUT2D eigenvalue weighted by atomic mass is 35.5. The number of nitrogens with zero attached hydrogens (tertiary/aromatic N) is 1. The van der Waals surface area contributed by atoms with Crippen molar-refractivity contribution in [1.29, 1.82) is 5.26 Å². The first-order valence-electron chi connectivity index (χ1n) is 5.36. The largest absolute Gasteiger partial charge is 0.487 e. The van der Waals surface area contributed by atoms with E-state index in [0.717, 1.165) is 0 Å². The fraction of sp³-hybridized carbons (Fsp3) is 0.0714. The molecule has 0 bridgehead atoms. The van der Waals surface area contributed by atoms with Gasteiger partial charge in [0.15, 0.2) is 0 Å². The van der Waals surface area contributed by atoms with E-state index in [1.165, 1.54) is 12.1 Å². The van der Waals surface area contributed by atoms with Crippen LogP contribution >= 0.6 is 23.2 Å². The zero-order valence-electron chi connectivity index (χ0n) is 9.66. The molecule has 0 aliphatic heterocycles. The lowest BCUT2D eigenvalue weighted by atomic mass is 10.1. The molecular formula is C14H8Cl2FNO. The lowest BCUT2D eigenvalue weighted by Crippen LogP contribution is -1.97. The molecule has 0 amide bonds. The van der Waals surface area contributed by atoms with Gasteiger partial charge in [0.05, 0.1) is 10.6 Å². The standard InChI is InChI=1S/C14H8Cl2FNO/c15-11-2-4-14(12(16)6-11)19-8-9-1-3-13(17)10(5-9)7-18/h1-6H,8H2. The fourth-order valence-corrected chi connectivity index (χ4v) is 1.96. The Hall–Kier alpha value is -1.76. The molecule has 2 nitrogen and oxygen atoms in total. The molecule has 0 unspecified atom stereocenters. The second kappa shape index (κ2) is 5.92. The average Bonchev–Trinajstić information content (AvgIpc) is 2.39. The lowest BCUT2D eigenvalue weighted by Gasteiger charge is -2.08. The Kier molecular flexibility index (Phi) is 4.26. The van der Waals surface area contributed by atoms with Gasteiger partial charge in [-0.15, -0.1) is 0 Å². The van der Waals surface area contributed by atoms with Crippen molar-refractivity contribution in [3.63, 3.8) is 0 Å². The minimum absolute atomic E-state index is 0.0108. The molecule has 0 radical (unpaired) electrons. The smallest absolute Gasteiger partial charge is 0.140 e. The molecule has 2 aromatic carbocycles. The second-order valence-electron chi connectivity index (χ2n) is 3.79. The van der Waals surface area contributed by atoms with E-state index in [-0.39, 0.29) is 12.2 Å². The molecule has 0 saturated heterocycles. The van der Waals surface area contributed by atoms with Gasteiger partial charge in [-0.3, -0.25) is 0 Å². The molecule has 0 aliphatic carbocycles. The third kappa shape index (κ3) is 3.37. The quantitative estimate of drug-likeness (QED) is 0.830. The van der Waals surface area contributed by atoms with Crippen molar-refractivity contribution in [2.45, 2.75) is 6.61 Å². The summed E-state index contributed by atoms with van der Waals surface area (Å²) in [5.41, 5.74) is 0.673. The molecule has 0 fully saturated rings. The van der Waals surface area contributed by atoms with E-state index in [4.69, 9.17) is 33.2 Å². The Morgan fingerprint density at radius 1 is 1.16 bits per heavy atom. The van der Waals surface area contributed by atoms with E-state index in [1.807, 2.05) is 0 Å². The Bertz CT molecular complexity index is 652. The lowest BCUT2D eigenvalue weighted by molar-refractivity contribution is 0.306. The van der Waals surface area contributed by atoms with Crippen molar-refractivity contribution in [2.24, 2.45) is 0 Å². The fourth-order valence-electron chi connectivity index (χ4n) is 1.50. The van der Waals surface area contributed by atoms with Crippen LogP contribution in [0.15, 0.2) is 36.4 Å². The second-order valence-corrected chi connectivity index (χ2v) is 4.63. The number of halogens is 3. The Morgan fingerprint density at radius 3 is 2.63 bits per heavy atom. The van der Waals surface area contributed by atoms with Crippen molar-refractivity contribution in [1.82, 2.24) is 0 Å². The molecule has 0 heterocycles. The number of ether oxygens (including phenoxy) is 1. The normalized spacial score (nSPS) is 10.0. The molecule has 0 N–H and O–H groups in total. The van der Waals surface area contributed by atoms with Gasteiger partial charge < -0.3 is 4.74 Å². The molecule has 2 aromatic rings. The van der Waals surface area contributed by atoms with Gasteiger partial charge in [0.25, 0.3) is 0 Å². The van der Waals surface area contributed by atoms with Gasteiger partial charge in [-0.05, 0) is 35.9 Å². The maximum atomic E-state index is 13.1. The summed E-state index contributed by atoms with van der Waals surface area (Å²) in [6.45, 7) is 0.191. The van der Waals surface area contributed by atoms with E-state index in [1.54, 1.807) is 30.3 Å². The molecule has 5 heteroatoms. The first-order chi connectivity index (χ1) is 9.10. The topological polar surface area (TPSA) is 33.0 Å². The Balaban J connectivity index is 2.13. The highest BCUT2D eigenvalue weighted by Crippen LogP contribution is 2.28. The first kappa shape index (κ1) is 13.7. The van der Waals surface area contributed by atoms with Crippen LogP contribution in [-0.4, -0.2) is 0 Å². The Morgan fingerprint density at radius 2 is 1.95 bits per heavy atom. The van der Waals surface area contributed by atoms with Crippen molar-refractivity contribution < 1.29 is 9.13 Å². The van der Waals surface area contributed by atoms with Gasteiger partial charge >= 0.3 is 0 Å². The third-order valence-electron chi connectivity index (χ3n) is 2.44. The number of benzene rings is 2. The van der Waals surface area contributed by atoms with Gasteiger partial charge in [0.2, 0.25) is 0 Å². The van der Waals surface area contributed by atoms with Gasteiger partial charge in [-0.1, -0.05) is 29.3 Å². The van der Waals surface area contributed by atoms with Crippen LogP contribution in [0.3, 0.4) is 0 Å². The summed E-state index contributed by atoms with van der Waals surface area (Å²) in [4.78, 5) is 0. The van der Waals surface area contributed by atoms with Crippen LogP contribution < -0.4 is 4.74 Å². The predicted molar refractivity (Wildman–Crippen MR) is 71.9 cm³/mol. The van der Waals surface area contributed by atoms with Gasteiger partial charge in [-0.25, -0.2) is 4.39 Å². The summed E-state index contributed by atoms with van der Waals surface area (Å²) in [5.74, 6) is -0.0651. The molecule has 96 valence electrons. The molecular weight excluding hydrogens is 288 g/mol. The summed E-state index contributed by atoms with van der Waals surface area (Å²) < 4.78 is 18.6. The third-order valence-corrected chi connectivity index (χ3v) is 2.97. The van der Waals surface area contributed by atoms with E-state index in [9.17, 15) is 4.39 Å². The van der Waals surface area contributed by atoms with Gasteiger partial charge in [0.1, 0.15) is 24.2 Å². The van der Waals surface area contributed by atoms with Crippen LogP contribution in [0.5, 0.6) is 5.75 Å². The van der Waals surface area contributed by atoms with E-state index < -0.39 is 5.82 Å². The summed E-state index contributed by atoms with van der Waals surface area (Å²) in [5, 5.41) is 9.65. The van der Waals surface area contributed by atoms with E-state index >= 15 is 0 Å². The van der Waals surface area contributed by atoms with E-state index in [0.29, 0.717) is 21.4 Å². The summed E-state index contributed by atoms with van der Waals surface area (Å²) in [6.07, 6.45) is 0. The minimum Gasteiger partial charge on any atom is -0.487 e. The van der Waals surface area contributed by atoms with E-state index in [2.05, 4.69) is 0 Å². The Labute approximate surface area is 119 Å². The molecule has 0 aliphatic rings. The highest BCUT2D eigenvalue weighted by Gasteiger charge is 2.05. The van der Waals surface area contributed by atoms with Crippen molar-refractivity contribution in [3.8, 4) is 11.8 Å². The highest BCUT2D eigenvalue weighted by molar-refractivity contribution is 6.35. The number of rotatable bonds is 3. The number of hydrogen-bond acceptors (Lipinski definition) is 2. The first-order valence-corrected chi connectivity index (χ1v) is 6.12. The van der Waals surface area contributed by atoms with Crippen LogP contribution in [-0.2, 0) is 6.61 Å². The molecule has 0 aromatic heterocycles. The summed E-state index contributed by atoms with van der Waals surface area (Å²) in [7, 11) is 0. The van der Waals surface area contributed by atoms with Crippen molar-refractivity contribution >= 4 is 23.2 Å². The van der Waals surface area contributed by atoms with Gasteiger partial charge in [-0.2, -0.15) is 5.26 Å². The van der Waals surface area contributed by atoms with Crippen LogP contribution in [0, 0.1) is 17.1 Å². The zero-order chi connectivity index (χ0) is 13.8. The molecule has 0 spiro atoms. The van der Waals surface area contributed by atoms with Crippen molar-refractivity contribution in [2.75, 3.05) is 0 Å². The van der Waals surface area contributed by atoms with Crippen LogP contribution in [0.1, 0.15) is 11.1 Å². The van der Waals surface area contributed by atoms with Gasteiger partial charge in [0, 0.05) is 5.02 Å². The zero-order valence-corrected chi connectivity index (χ0v) is 11.2. The number of nitriles is 1. The average molecular weight is 296 g/mol. The number of hydrogen-bond donors (Lipinski definition) is 0. The molecule has 0 atom stereocenters. The molecule has 2 rings (SSSR count). The predicted octanol–water partition coefficient (Wildman–Crippen LogP) is 4.58. The summed E-state index contributed by atoms with van der Waals surface area (Å²) >= 11 is 11.7. The van der Waals surface area contributed by atoms with Crippen LogP contribution in [0.25, 0.3) is 0 Å². The van der Waals surface area contributed by atoms with Crippen LogP contribution in [0.4, 0.5) is 4.39 Å². The SMILES string of the molecule is N#Cc1cc(COc2ccc(Cl)cc2Cl)ccc1F. The monoisotopic (exact) mass is 295 g/mol. The summed E-state index contributed by atoms with van der Waals surface area (Å²) in [6, 6.07) is 10.9. The van der Waals surface area contributed by atoms with Crippen LogP contribution in [0.2, 0.25) is 10.0 Å². The maximum absolute atomic E-state index is 13.1. The molecule has 19 heavy (non-hydrogen) atoms. The maximum Gasteiger partial charge on any atom is 0.140 e. The minimum atomic E-state index is -0.546. The van der Waals surface area contributed by atoms with Crippen molar-refractivity contribution in [3.05, 3.63) is 63.4 Å². The molecule has 0 saturated carbocycles.